The van der Waals surface area contributed by atoms with Crippen LogP contribution >= 0.6 is 0 Å². The molecule has 2 atom stereocenters. The molecule has 1 aliphatic heterocycles. The Morgan fingerprint density at radius 3 is 3.12 bits per heavy atom. The molecule has 0 aliphatic carbocycles. The third-order valence-electron chi connectivity index (χ3n) is 3.47. The lowest BCUT2D eigenvalue weighted by Gasteiger charge is -2.21. The van der Waals surface area contributed by atoms with Gasteiger partial charge in [0, 0.05) is 31.3 Å². The summed E-state index contributed by atoms with van der Waals surface area (Å²) in [6, 6.07) is 0.457. The number of hydrogen-bond acceptors (Lipinski definition) is 3. The van der Waals surface area contributed by atoms with E-state index in [0.29, 0.717) is 12.0 Å². The summed E-state index contributed by atoms with van der Waals surface area (Å²) in [5.74, 6) is 1.62. The lowest BCUT2D eigenvalue weighted by molar-refractivity contribution is 0.175. The van der Waals surface area contributed by atoms with Crippen LogP contribution in [0.3, 0.4) is 0 Å². The molecule has 96 valence electrons. The molecule has 0 radical (unpaired) electrons. The van der Waals surface area contributed by atoms with Crippen molar-refractivity contribution in [3.63, 3.8) is 0 Å². The van der Waals surface area contributed by atoms with Crippen molar-refractivity contribution in [3.05, 3.63) is 11.9 Å². The fourth-order valence-electron chi connectivity index (χ4n) is 2.35. The topological polar surface area (TPSA) is 39.1 Å². The fraction of sp³-hybridized carbons (Fsp3) is 0.769. The Bertz CT molecular complexity index is 356. The fourth-order valence-corrected chi connectivity index (χ4v) is 2.35. The van der Waals surface area contributed by atoms with Gasteiger partial charge in [-0.3, -0.25) is 0 Å². The number of aromatic nitrogens is 2. The second-order valence-electron chi connectivity index (χ2n) is 4.90. The number of rotatable bonds is 5. The molecule has 2 heterocycles. The van der Waals surface area contributed by atoms with Crippen molar-refractivity contribution in [2.24, 2.45) is 5.92 Å². The Balaban J connectivity index is 2.11. The molecule has 4 heteroatoms. The molecule has 1 aliphatic rings. The van der Waals surface area contributed by atoms with Gasteiger partial charge in [-0.05, 0) is 26.7 Å². The predicted octanol–water partition coefficient (Wildman–Crippen LogP) is 2.61. The molecule has 1 aromatic heterocycles. The Labute approximate surface area is 103 Å². The minimum Gasteiger partial charge on any atom is -0.381 e. The number of imidazole rings is 1. The highest BCUT2D eigenvalue weighted by Crippen LogP contribution is 2.28. The quantitative estimate of drug-likeness (QED) is 0.855. The zero-order chi connectivity index (χ0) is 12.3. The molecule has 1 saturated heterocycles. The van der Waals surface area contributed by atoms with Crippen molar-refractivity contribution in [2.45, 2.75) is 39.7 Å². The van der Waals surface area contributed by atoms with Crippen molar-refractivity contribution in [1.82, 2.24) is 9.55 Å². The van der Waals surface area contributed by atoms with Gasteiger partial charge in [-0.1, -0.05) is 6.92 Å². The van der Waals surface area contributed by atoms with Crippen LogP contribution in [0.4, 0.5) is 5.95 Å². The van der Waals surface area contributed by atoms with Crippen LogP contribution in [0.1, 0.15) is 38.4 Å². The summed E-state index contributed by atoms with van der Waals surface area (Å²) in [4.78, 5) is 4.55. The van der Waals surface area contributed by atoms with E-state index in [1.807, 2.05) is 6.92 Å². The summed E-state index contributed by atoms with van der Waals surface area (Å²) in [6.45, 7) is 9.24. The zero-order valence-corrected chi connectivity index (χ0v) is 11.1. The Morgan fingerprint density at radius 2 is 2.47 bits per heavy atom. The maximum atomic E-state index is 5.47. The molecule has 2 rings (SSSR count). The van der Waals surface area contributed by atoms with Gasteiger partial charge < -0.3 is 14.6 Å². The van der Waals surface area contributed by atoms with Crippen LogP contribution in [0, 0.1) is 12.8 Å². The summed E-state index contributed by atoms with van der Waals surface area (Å²) in [7, 11) is 0. The summed E-state index contributed by atoms with van der Waals surface area (Å²) < 4.78 is 7.74. The van der Waals surface area contributed by atoms with Crippen LogP contribution in [0.25, 0.3) is 0 Å². The number of anilines is 1. The largest absolute Gasteiger partial charge is 0.381 e. The molecule has 0 saturated carbocycles. The molecular weight excluding hydrogens is 214 g/mol. The number of aryl methyl sites for hydroxylation is 1. The molecule has 1 aromatic rings. The van der Waals surface area contributed by atoms with E-state index < -0.39 is 0 Å². The number of ether oxygens (including phenoxy) is 1. The molecular formula is C13H23N3O. The summed E-state index contributed by atoms with van der Waals surface area (Å²) in [5.41, 5.74) is 1.08. The van der Waals surface area contributed by atoms with Crippen molar-refractivity contribution < 1.29 is 4.74 Å². The highest BCUT2D eigenvalue weighted by atomic mass is 16.5. The van der Waals surface area contributed by atoms with Gasteiger partial charge in [-0.15, -0.1) is 0 Å². The van der Waals surface area contributed by atoms with Crippen LogP contribution < -0.4 is 5.32 Å². The van der Waals surface area contributed by atoms with E-state index in [9.17, 15) is 0 Å². The van der Waals surface area contributed by atoms with E-state index in [1.54, 1.807) is 0 Å². The molecule has 0 amide bonds. The predicted molar refractivity (Wildman–Crippen MR) is 69.4 cm³/mol. The van der Waals surface area contributed by atoms with Gasteiger partial charge in [0.15, 0.2) is 0 Å². The maximum absolute atomic E-state index is 5.47. The van der Waals surface area contributed by atoms with Gasteiger partial charge >= 0.3 is 0 Å². The lowest BCUT2D eigenvalue weighted by Crippen LogP contribution is -2.19. The molecule has 0 bridgehead atoms. The minimum atomic E-state index is 0.457. The highest BCUT2D eigenvalue weighted by molar-refractivity contribution is 5.29. The zero-order valence-electron chi connectivity index (χ0n) is 11.1. The van der Waals surface area contributed by atoms with Crippen LogP contribution in [0.2, 0.25) is 0 Å². The van der Waals surface area contributed by atoms with Crippen LogP contribution in [0.5, 0.6) is 0 Å². The van der Waals surface area contributed by atoms with Gasteiger partial charge in [0.2, 0.25) is 5.95 Å². The maximum Gasteiger partial charge on any atom is 0.203 e. The van der Waals surface area contributed by atoms with E-state index in [0.717, 1.165) is 44.2 Å². The number of hydrogen-bond donors (Lipinski definition) is 1. The van der Waals surface area contributed by atoms with Crippen LogP contribution in [-0.2, 0) is 4.74 Å². The first-order valence-corrected chi connectivity index (χ1v) is 6.59. The summed E-state index contributed by atoms with van der Waals surface area (Å²) >= 11 is 0. The average Bonchev–Trinajstić information content (AvgIpc) is 2.94. The van der Waals surface area contributed by atoms with Crippen molar-refractivity contribution >= 4 is 5.95 Å². The Morgan fingerprint density at radius 1 is 1.65 bits per heavy atom. The monoisotopic (exact) mass is 237 g/mol. The van der Waals surface area contributed by atoms with E-state index in [1.165, 1.54) is 0 Å². The first kappa shape index (κ1) is 12.4. The van der Waals surface area contributed by atoms with Crippen LogP contribution in [-0.4, -0.2) is 29.3 Å². The van der Waals surface area contributed by atoms with Crippen molar-refractivity contribution in [2.75, 3.05) is 25.1 Å². The first-order valence-electron chi connectivity index (χ1n) is 6.59. The highest BCUT2D eigenvalue weighted by Gasteiger charge is 2.25. The Hall–Kier alpha value is -1.03. The molecule has 0 aromatic carbocycles. The SMILES string of the molecule is CCCNc1nc(C)cn1C(C)C1CCOC1. The third kappa shape index (κ3) is 2.80. The van der Waals surface area contributed by atoms with Gasteiger partial charge in [-0.2, -0.15) is 0 Å². The van der Waals surface area contributed by atoms with Crippen molar-refractivity contribution in [1.29, 1.82) is 0 Å². The second kappa shape index (κ2) is 5.54. The Kier molecular flexibility index (Phi) is 4.05. The standard InChI is InChI=1S/C13H23N3O/c1-4-6-14-13-15-10(2)8-16(13)11(3)12-5-7-17-9-12/h8,11-12H,4-7,9H2,1-3H3,(H,14,15). The number of nitrogens with zero attached hydrogens (tertiary/aromatic N) is 2. The molecule has 17 heavy (non-hydrogen) atoms. The molecule has 1 fully saturated rings. The lowest BCUT2D eigenvalue weighted by atomic mass is 10.0. The third-order valence-corrected chi connectivity index (χ3v) is 3.47. The summed E-state index contributed by atoms with van der Waals surface area (Å²) in [6.07, 6.45) is 4.42. The molecule has 2 unspecified atom stereocenters. The molecule has 4 nitrogen and oxygen atoms in total. The summed E-state index contributed by atoms with van der Waals surface area (Å²) in [5, 5.41) is 3.40. The first-order chi connectivity index (χ1) is 8.22. The van der Waals surface area contributed by atoms with E-state index in [4.69, 9.17) is 4.74 Å². The smallest absolute Gasteiger partial charge is 0.203 e. The number of nitrogens with one attached hydrogen (secondary N) is 1. The van der Waals surface area contributed by atoms with Gasteiger partial charge in [0.05, 0.1) is 12.3 Å². The van der Waals surface area contributed by atoms with E-state index in [-0.39, 0.29) is 0 Å². The average molecular weight is 237 g/mol. The van der Waals surface area contributed by atoms with E-state index >= 15 is 0 Å². The van der Waals surface area contributed by atoms with Gasteiger partial charge in [0.25, 0.3) is 0 Å². The second-order valence-corrected chi connectivity index (χ2v) is 4.90. The normalized spacial score (nSPS) is 21.7. The van der Waals surface area contributed by atoms with E-state index in [2.05, 4.69) is 34.9 Å². The molecule has 1 N–H and O–H groups in total. The van der Waals surface area contributed by atoms with Gasteiger partial charge in [0.1, 0.15) is 0 Å². The van der Waals surface area contributed by atoms with Crippen molar-refractivity contribution in [3.8, 4) is 0 Å². The van der Waals surface area contributed by atoms with Gasteiger partial charge in [-0.25, -0.2) is 4.98 Å². The molecule has 0 spiro atoms. The van der Waals surface area contributed by atoms with Crippen LogP contribution in [0.15, 0.2) is 6.20 Å². The minimum absolute atomic E-state index is 0.457.